The number of anilines is 1. The van der Waals surface area contributed by atoms with Gasteiger partial charge in [0.05, 0.1) is 0 Å². The Hall–Kier alpha value is -3.26. The quantitative estimate of drug-likeness (QED) is 0.779. The number of phenolic OH excluding ortho intramolecular Hbond substituents is 1. The number of fused-ring (bicyclic) bond motifs is 1. The Morgan fingerprint density at radius 2 is 1.79 bits per heavy atom. The molecule has 2 aromatic carbocycles. The van der Waals surface area contributed by atoms with E-state index in [1.165, 1.54) is 12.1 Å². The number of hydrogen-bond donors (Lipinski definition) is 2. The number of phenols is 1. The third kappa shape index (κ3) is 4.01. The van der Waals surface area contributed by atoms with E-state index < -0.39 is 11.8 Å². The summed E-state index contributed by atoms with van der Waals surface area (Å²) in [5, 5.41) is 12.0. The summed E-state index contributed by atoms with van der Waals surface area (Å²) < 4.78 is 10.7. The topological polar surface area (TPSA) is 91.3 Å². The first-order valence-electron chi connectivity index (χ1n) is 9.09. The molecule has 0 bridgehead atoms. The van der Waals surface area contributed by atoms with E-state index in [9.17, 15) is 14.7 Å². The summed E-state index contributed by atoms with van der Waals surface area (Å²) in [6.45, 7) is 3.32. The van der Waals surface area contributed by atoms with Gasteiger partial charge in [-0.1, -0.05) is 12.1 Å². The predicted octanol–water partition coefficient (Wildman–Crippen LogP) is 1.40. The summed E-state index contributed by atoms with van der Waals surface area (Å²) >= 11 is 0. The van der Waals surface area contributed by atoms with Gasteiger partial charge in [-0.05, 0) is 29.8 Å². The molecule has 0 saturated carbocycles. The van der Waals surface area contributed by atoms with Crippen molar-refractivity contribution in [1.29, 1.82) is 0 Å². The molecule has 1 saturated heterocycles. The molecule has 0 aliphatic carbocycles. The van der Waals surface area contributed by atoms with Gasteiger partial charge in [-0.15, -0.1) is 0 Å². The van der Waals surface area contributed by atoms with Crippen LogP contribution in [0, 0.1) is 0 Å². The molecular weight excluding hydrogens is 362 g/mol. The second-order valence-electron chi connectivity index (χ2n) is 6.76. The molecule has 146 valence electrons. The number of amides is 2. The summed E-state index contributed by atoms with van der Waals surface area (Å²) in [7, 11) is 0. The molecule has 2 heterocycles. The summed E-state index contributed by atoms with van der Waals surface area (Å²) in [5.74, 6) is 0.287. The lowest BCUT2D eigenvalue weighted by Crippen LogP contribution is -2.51. The minimum atomic E-state index is -0.699. The summed E-state index contributed by atoms with van der Waals surface area (Å²) in [5.41, 5.74) is 1.51. The van der Waals surface area contributed by atoms with Crippen LogP contribution in [0.1, 0.15) is 5.56 Å². The average Bonchev–Trinajstić information content (AvgIpc) is 3.16. The summed E-state index contributed by atoms with van der Waals surface area (Å²) in [6, 6.07) is 12.0. The van der Waals surface area contributed by atoms with Crippen LogP contribution in [0.5, 0.6) is 17.2 Å². The maximum absolute atomic E-state index is 12.4. The highest BCUT2D eigenvalue weighted by atomic mass is 16.7. The van der Waals surface area contributed by atoms with Crippen LogP contribution in [-0.2, 0) is 16.1 Å². The van der Waals surface area contributed by atoms with E-state index in [2.05, 4.69) is 10.2 Å². The number of hydrogen-bond acceptors (Lipinski definition) is 6. The molecule has 0 spiro atoms. The smallest absolute Gasteiger partial charge is 0.313 e. The number of nitrogens with one attached hydrogen (secondary N) is 1. The van der Waals surface area contributed by atoms with Gasteiger partial charge in [0.15, 0.2) is 11.5 Å². The average molecular weight is 383 g/mol. The second kappa shape index (κ2) is 7.77. The van der Waals surface area contributed by atoms with Crippen molar-refractivity contribution in [3.05, 3.63) is 48.0 Å². The van der Waals surface area contributed by atoms with Crippen molar-refractivity contribution in [1.82, 2.24) is 9.80 Å². The molecule has 8 heteroatoms. The number of carbonyl (C=O) groups excluding carboxylic acids is 2. The van der Waals surface area contributed by atoms with Crippen LogP contribution < -0.4 is 14.8 Å². The molecule has 0 aromatic heterocycles. The van der Waals surface area contributed by atoms with E-state index in [-0.39, 0.29) is 12.5 Å². The molecule has 28 heavy (non-hydrogen) atoms. The van der Waals surface area contributed by atoms with Crippen molar-refractivity contribution in [3.8, 4) is 17.2 Å². The lowest BCUT2D eigenvalue weighted by atomic mass is 10.1. The lowest BCUT2D eigenvalue weighted by Gasteiger charge is -2.34. The Labute approximate surface area is 162 Å². The number of nitrogens with zero attached hydrogens (tertiary/aromatic N) is 2. The van der Waals surface area contributed by atoms with Crippen molar-refractivity contribution in [2.45, 2.75) is 6.54 Å². The Bertz CT molecular complexity index is 893. The molecule has 0 unspecified atom stereocenters. The molecule has 0 radical (unpaired) electrons. The van der Waals surface area contributed by atoms with Gasteiger partial charge in [0.2, 0.25) is 6.79 Å². The first-order chi connectivity index (χ1) is 13.6. The predicted molar refractivity (Wildman–Crippen MR) is 101 cm³/mol. The number of aromatic hydroxyl groups is 1. The zero-order valence-corrected chi connectivity index (χ0v) is 15.3. The summed E-state index contributed by atoms with van der Waals surface area (Å²) in [4.78, 5) is 28.3. The monoisotopic (exact) mass is 383 g/mol. The van der Waals surface area contributed by atoms with Crippen molar-refractivity contribution in [2.24, 2.45) is 0 Å². The van der Waals surface area contributed by atoms with Crippen molar-refractivity contribution in [3.63, 3.8) is 0 Å². The zero-order chi connectivity index (χ0) is 19.5. The fraction of sp³-hybridized carbons (Fsp3) is 0.300. The highest BCUT2D eigenvalue weighted by molar-refractivity contribution is 6.39. The molecular formula is C20H21N3O5. The van der Waals surface area contributed by atoms with Crippen LogP contribution in [-0.4, -0.2) is 59.7 Å². The van der Waals surface area contributed by atoms with Gasteiger partial charge >= 0.3 is 11.8 Å². The van der Waals surface area contributed by atoms with Gasteiger partial charge in [0.25, 0.3) is 0 Å². The standard InChI is InChI=1S/C20H21N3O5/c24-16-3-1-2-15(11-16)21-19(25)20(26)23-8-6-22(7-9-23)12-14-4-5-17-18(10-14)28-13-27-17/h1-5,10-11,24H,6-9,12-13H2,(H,21,25). The van der Waals surface area contributed by atoms with E-state index in [0.29, 0.717) is 31.9 Å². The Morgan fingerprint density at radius 1 is 1.00 bits per heavy atom. The molecule has 8 nitrogen and oxygen atoms in total. The van der Waals surface area contributed by atoms with E-state index in [1.54, 1.807) is 17.0 Å². The van der Waals surface area contributed by atoms with Crippen LogP contribution in [0.15, 0.2) is 42.5 Å². The Kier molecular flexibility index (Phi) is 5.03. The van der Waals surface area contributed by atoms with Gasteiger partial charge in [0.1, 0.15) is 5.75 Å². The fourth-order valence-corrected chi connectivity index (χ4v) is 3.32. The van der Waals surface area contributed by atoms with Gasteiger partial charge in [-0.25, -0.2) is 0 Å². The molecule has 0 atom stereocenters. The number of piperazine rings is 1. The highest BCUT2D eigenvalue weighted by Gasteiger charge is 2.26. The number of carbonyl (C=O) groups is 2. The summed E-state index contributed by atoms with van der Waals surface area (Å²) in [6.07, 6.45) is 0. The van der Waals surface area contributed by atoms with Gasteiger partial charge in [-0.2, -0.15) is 0 Å². The third-order valence-corrected chi connectivity index (χ3v) is 4.80. The van der Waals surface area contributed by atoms with Crippen LogP contribution in [0.25, 0.3) is 0 Å². The highest BCUT2D eigenvalue weighted by Crippen LogP contribution is 2.32. The SMILES string of the molecule is O=C(Nc1cccc(O)c1)C(=O)N1CCN(Cc2ccc3c(c2)OCO3)CC1. The molecule has 2 aliphatic rings. The van der Waals surface area contributed by atoms with Crippen molar-refractivity contribution in [2.75, 3.05) is 38.3 Å². The van der Waals surface area contributed by atoms with E-state index in [0.717, 1.165) is 23.6 Å². The number of rotatable bonds is 3. The van der Waals surface area contributed by atoms with E-state index in [1.807, 2.05) is 18.2 Å². The second-order valence-corrected chi connectivity index (χ2v) is 6.76. The van der Waals surface area contributed by atoms with Crippen LogP contribution >= 0.6 is 0 Å². The van der Waals surface area contributed by atoms with Crippen LogP contribution in [0.2, 0.25) is 0 Å². The molecule has 2 amide bonds. The van der Waals surface area contributed by atoms with Crippen LogP contribution in [0.3, 0.4) is 0 Å². The van der Waals surface area contributed by atoms with E-state index >= 15 is 0 Å². The molecule has 2 N–H and O–H groups in total. The van der Waals surface area contributed by atoms with E-state index in [4.69, 9.17) is 9.47 Å². The lowest BCUT2D eigenvalue weighted by molar-refractivity contribution is -0.144. The molecule has 2 aliphatic heterocycles. The minimum Gasteiger partial charge on any atom is -0.508 e. The normalized spacial score (nSPS) is 16.1. The Balaban J connectivity index is 1.28. The maximum Gasteiger partial charge on any atom is 0.313 e. The number of benzene rings is 2. The van der Waals surface area contributed by atoms with Crippen molar-refractivity contribution < 1.29 is 24.2 Å². The van der Waals surface area contributed by atoms with Crippen molar-refractivity contribution >= 4 is 17.5 Å². The van der Waals surface area contributed by atoms with Crippen LogP contribution in [0.4, 0.5) is 5.69 Å². The fourth-order valence-electron chi connectivity index (χ4n) is 3.32. The van der Waals surface area contributed by atoms with Gasteiger partial charge in [-0.3, -0.25) is 14.5 Å². The number of ether oxygens (including phenoxy) is 2. The van der Waals surface area contributed by atoms with Gasteiger partial charge < -0.3 is 24.8 Å². The first kappa shape index (κ1) is 18.1. The third-order valence-electron chi connectivity index (χ3n) is 4.80. The minimum absolute atomic E-state index is 0.0300. The first-order valence-corrected chi connectivity index (χ1v) is 9.09. The largest absolute Gasteiger partial charge is 0.508 e. The zero-order valence-electron chi connectivity index (χ0n) is 15.3. The molecule has 4 rings (SSSR count). The molecule has 1 fully saturated rings. The van der Waals surface area contributed by atoms with Gasteiger partial charge in [0, 0.05) is 44.5 Å². The maximum atomic E-state index is 12.4. The molecule has 2 aromatic rings. The Morgan fingerprint density at radius 3 is 2.57 bits per heavy atom.